The van der Waals surface area contributed by atoms with Crippen molar-refractivity contribution in [2.45, 2.75) is 26.2 Å². The summed E-state index contributed by atoms with van der Waals surface area (Å²) in [4.78, 5) is 4.98. The minimum atomic E-state index is 0.280. The van der Waals surface area contributed by atoms with Crippen LogP contribution in [0.2, 0.25) is 0 Å². The zero-order valence-electron chi connectivity index (χ0n) is 13.6. The smallest absolute Gasteiger partial charge is 0.0558 e. The van der Waals surface area contributed by atoms with Crippen molar-refractivity contribution in [2.75, 3.05) is 72.2 Å². The van der Waals surface area contributed by atoms with Gasteiger partial charge < -0.3 is 20.1 Å². The van der Waals surface area contributed by atoms with Gasteiger partial charge in [-0.1, -0.05) is 6.92 Å². The third kappa shape index (κ3) is 5.49. The van der Waals surface area contributed by atoms with Gasteiger partial charge in [0, 0.05) is 59.0 Å². The molecule has 5 nitrogen and oxygen atoms in total. The van der Waals surface area contributed by atoms with Crippen molar-refractivity contribution >= 4 is 0 Å². The maximum absolute atomic E-state index is 9.03. The van der Waals surface area contributed by atoms with Crippen molar-refractivity contribution in [2.24, 2.45) is 5.41 Å². The molecule has 0 unspecified atom stereocenters. The Morgan fingerprint density at radius 1 is 1.10 bits per heavy atom. The van der Waals surface area contributed by atoms with Crippen molar-refractivity contribution in [1.82, 2.24) is 15.1 Å². The minimum absolute atomic E-state index is 0.280. The maximum Gasteiger partial charge on any atom is 0.0558 e. The molecule has 0 spiro atoms. The zero-order chi connectivity index (χ0) is 15.0. The molecule has 2 saturated heterocycles. The van der Waals surface area contributed by atoms with Gasteiger partial charge in [0.1, 0.15) is 0 Å². The Morgan fingerprint density at radius 3 is 2.38 bits per heavy atom. The minimum Gasteiger partial charge on any atom is -0.395 e. The largest absolute Gasteiger partial charge is 0.395 e. The molecule has 0 amide bonds. The molecule has 0 aromatic carbocycles. The molecule has 2 fully saturated rings. The van der Waals surface area contributed by atoms with Gasteiger partial charge in [0.25, 0.3) is 0 Å². The van der Waals surface area contributed by atoms with Crippen LogP contribution in [0.5, 0.6) is 0 Å². The molecule has 0 aromatic heterocycles. The van der Waals surface area contributed by atoms with Crippen LogP contribution < -0.4 is 5.32 Å². The second kappa shape index (κ2) is 9.06. The number of nitrogens with one attached hydrogen (secondary N) is 1. The van der Waals surface area contributed by atoms with Crippen LogP contribution in [0.4, 0.5) is 0 Å². The van der Waals surface area contributed by atoms with E-state index in [0.717, 1.165) is 59.0 Å². The van der Waals surface area contributed by atoms with Crippen LogP contribution in [0.3, 0.4) is 0 Å². The number of rotatable bonds is 8. The molecule has 2 rings (SSSR count). The normalized spacial score (nSPS) is 24.3. The average Bonchev–Trinajstić information content (AvgIpc) is 2.51. The fourth-order valence-electron chi connectivity index (χ4n) is 3.51. The first-order chi connectivity index (χ1) is 10.3. The van der Waals surface area contributed by atoms with Gasteiger partial charge in [0.05, 0.1) is 6.61 Å². The zero-order valence-corrected chi connectivity index (χ0v) is 13.6. The Labute approximate surface area is 129 Å². The molecule has 0 aromatic rings. The fraction of sp³-hybridized carbons (Fsp3) is 1.00. The molecule has 124 valence electrons. The summed E-state index contributed by atoms with van der Waals surface area (Å²) in [5, 5.41) is 12.7. The van der Waals surface area contributed by atoms with Gasteiger partial charge >= 0.3 is 0 Å². The van der Waals surface area contributed by atoms with E-state index in [1.54, 1.807) is 0 Å². The number of hydrogen-bond donors (Lipinski definition) is 2. The van der Waals surface area contributed by atoms with Crippen LogP contribution in [0, 0.1) is 5.41 Å². The molecule has 2 aliphatic heterocycles. The molecule has 2 N–H and O–H groups in total. The van der Waals surface area contributed by atoms with Gasteiger partial charge in [-0.05, 0) is 31.2 Å². The molecule has 2 heterocycles. The quantitative estimate of drug-likeness (QED) is 0.635. The predicted octanol–water partition coefficient (Wildman–Crippen LogP) is 0.393. The monoisotopic (exact) mass is 299 g/mol. The third-order valence-electron chi connectivity index (χ3n) is 4.92. The van der Waals surface area contributed by atoms with Crippen LogP contribution >= 0.6 is 0 Å². The fourth-order valence-corrected chi connectivity index (χ4v) is 3.51. The van der Waals surface area contributed by atoms with Gasteiger partial charge in [-0.25, -0.2) is 0 Å². The number of aliphatic hydroxyl groups excluding tert-OH is 1. The lowest BCUT2D eigenvalue weighted by atomic mass is 9.79. The van der Waals surface area contributed by atoms with E-state index in [4.69, 9.17) is 9.84 Å². The van der Waals surface area contributed by atoms with Crippen LogP contribution in [-0.4, -0.2) is 87.1 Å². The number of ether oxygens (including phenoxy) is 1. The highest BCUT2D eigenvalue weighted by Crippen LogP contribution is 2.31. The Kier molecular flexibility index (Phi) is 7.40. The van der Waals surface area contributed by atoms with Crippen molar-refractivity contribution in [3.8, 4) is 0 Å². The summed E-state index contributed by atoms with van der Waals surface area (Å²) in [7, 11) is 0. The maximum atomic E-state index is 9.03. The van der Waals surface area contributed by atoms with E-state index >= 15 is 0 Å². The van der Waals surface area contributed by atoms with Gasteiger partial charge in [-0.2, -0.15) is 0 Å². The molecule has 0 atom stereocenters. The lowest BCUT2D eigenvalue weighted by Gasteiger charge is -2.44. The molecule has 0 radical (unpaired) electrons. The highest BCUT2D eigenvalue weighted by molar-refractivity contribution is 4.88. The molecular formula is C16H33N3O2. The SMILES string of the molecule is CCCNCC1(CN2CCN(CCO)CC2)CCOCC1. The van der Waals surface area contributed by atoms with E-state index in [1.165, 1.54) is 25.8 Å². The first-order valence-corrected chi connectivity index (χ1v) is 8.62. The second-order valence-electron chi connectivity index (χ2n) is 6.63. The summed E-state index contributed by atoms with van der Waals surface area (Å²) in [5.74, 6) is 0. The highest BCUT2D eigenvalue weighted by atomic mass is 16.5. The summed E-state index contributed by atoms with van der Waals surface area (Å²) in [6.07, 6.45) is 3.56. The first kappa shape index (κ1) is 17.2. The molecule has 2 aliphatic rings. The van der Waals surface area contributed by atoms with Crippen LogP contribution in [0.25, 0.3) is 0 Å². The second-order valence-corrected chi connectivity index (χ2v) is 6.63. The number of piperazine rings is 1. The van der Waals surface area contributed by atoms with E-state index in [1.807, 2.05) is 0 Å². The van der Waals surface area contributed by atoms with E-state index in [9.17, 15) is 0 Å². The van der Waals surface area contributed by atoms with E-state index in [-0.39, 0.29) is 6.61 Å². The number of nitrogens with zero attached hydrogens (tertiary/aromatic N) is 2. The molecule has 0 aliphatic carbocycles. The summed E-state index contributed by atoms with van der Waals surface area (Å²) >= 11 is 0. The van der Waals surface area contributed by atoms with Gasteiger partial charge in [0.2, 0.25) is 0 Å². The number of aliphatic hydroxyl groups is 1. The summed E-state index contributed by atoms with van der Waals surface area (Å²) in [6.45, 7) is 13.1. The van der Waals surface area contributed by atoms with Crippen molar-refractivity contribution < 1.29 is 9.84 Å². The van der Waals surface area contributed by atoms with E-state index in [0.29, 0.717) is 5.41 Å². The molecule has 5 heteroatoms. The molecule has 0 bridgehead atoms. The lowest BCUT2D eigenvalue weighted by molar-refractivity contribution is -0.0130. The standard InChI is InChI=1S/C16H33N3O2/c1-2-5-17-14-16(3-12-21-13-4-16)15-19-8-6-18(7-9-19)10-11-20/h17,20H,2-15H2,1H3. The third-order valence-corrected chi connectivity index (χ3v) is 4.92. The van der Waals surface area contributed by atoms with Gasteiger partial charge in [-0.3, -0.25) is 4.90 Å². The van der Waals surface area contributed by atoms with Crippen molar-refractivity contribution in [3.05, 3.63) is 0 Å². The molecule has 21 heavy (non-hydrogen) atoms. The lowest BCUT2D eigenvalue weighted by Crippen LogP contribution is -2.53. The Morgan fingerprint density at radius 2 is 1.76 bits per heavy atom. The van der Waals surface area contributed by atoms with Crippen molar-refractivity contribution in [3.63, 3.8) is 0 Å². The van der Waals surface area contributed by atoms with Crippen LogP contribution in [0.1, 0.15) is 26.2 Å². The highest BCUT2D eigenvalue weighted by Gasteiger charge is 2.34. The summed E-state index contributed by atoms with van der Waals surface area (Å²) < 4.78 is 5.59. The summed E-state index contributed by atoms with van der Waals surface area (Å²) in [5.41, 5.74) is 0.395. The van der Waals surface area contributed by atoms with Crippen molar-refractivity contribution in [1.29, 1.82) is 0 Å². The van der Waals surface area contributed by atoms with Crippen LogP contribution in [0.15, 0.2) is 0 Å². The van der Waals surface area contributed by atoms with Crippen LogP contribution in [-0.2, 0) is 4.74 Å². The summed E-state index contributed by atoms with van der Waals surface area (Å²) in [6, 6.07) is 0. The molecular weight excluding hydrogens is 266 g/mol. The number of hydrogen-bond acceptors (Lipinski definition) is 5. The Balaban J connectivity index is 1.81. The van der Waals surface area contributed by atoms with Gasteiger partial charge in [-0.15, -0.1) is 0 Å². The number of β-amino-alcohol motifs (C(OH)–C–C–N with tert-alkyl or cyclic N) is 1. The Hall–Kier alpha value is -0.200. The molecule has 0 saturated carbocycles. The average molecular weight is 299 g/mol. The van der Waals surface area contributed by atoms with Gasteiger partial charge in [0.15, 0.2) is 0 Å². The topological polar surface area (TPSA) is 48.0 Å². The first-order valence-electron chi connectivity index (χ1n) is 8.62. The Bertz CT molecular complexity index is 275. The van der Waals surface area contributed by atoms with E-state index < -0.39 is 0 Å². The predicted molar refractivity (Wildman–Crippen MR) is 85.6 cm³/mol. The van der Waals surface area contributed by atoms with E-state index in [2.05, 4.69) is 22.0 Å².